The first-order valence-corrected chi connectivity index (χ1v) is 14.8. The van der Waals surface area contributed by atoms with E-state index < -0.39 is 0 Å². The van der Waals surface area contributed by atoms with E-state index in [9.17, 15) is 0 Å². The molecule has 0 aliphatic heterocycles. The standard InChI is InChI=1S/C37H22N4S/c1-3-8-24(9-4-1)34-38-35(25-10-5-2-6-11-25)40-36(39-34)26-16-14-23(15-17-26)27-18-19-32-31(22-27)29-13-7-12-28-30-20-21-42-37(30)41(32)33(28)29/h1-22H. The lowest BCUT2D eigenvalue weighted by atomic mass is 10.0. The number of hydrogen-bond donors (Lipinski definition) is 0. The molecule has 0 saturated carbocycles. The van der Waals surface area contributed by atoms with E-state index in [1.165, 1.54) is 43.0 Å². The molecule has 42 heavy (non-hydrogen) atoms. The SMILES string of the molecule is c1ccc(-c2nc(-c3ccccc3)nc(-c3ccc(-c4ccc5c(c4)c4cccc6c7ccsc7n5c46)cc3)n2)cc1. The van der Waals surface area contributed by atoms with Gasteiger partial charge in [0, 0.05) is 38.2 Å². The summed E-state index contributed by atoms with van der Waals surface area (Å²) < 4.78 is 2.43. The number of rotatable bonds is 4. The van der Waals surface area contributed by atoms with Crippen molar-refractivity contribution in [3.63, 3.8) is 0 Å². The van der Waals surface area contributed by atoms with Gasteiger partial charge in [-0.3, -0.25) is 4.40 Å². The fourth-order valence-electron chi connectivity index (χ4n) is 6.11. The van der Waals surface area contributed by atoms with Crippen LogP contribution in [-0.4, -0.2) is 19.4 Å². The van der Waals surface area contributed by atoms with Crippen LogP contribution in [0.25, 0.3) is 82.7 Å². The highest BCUT2D eigenvalue weighted by Gasteiger charge is 2.18. The monoisotopic (exact) mass is 554 g/mol. The summed E-state index contributed by atoms with van der Waals surface area (Å²) in [5.74, 6) is 1.99. The Bertz CT molecular complexity index is 2330. The molecular formula is C37H22N4S. The fraction of sp³-hybridized carbons (Fsp3) is 0. The Hall–Kier alpha value is -5.39. The number of fused-ring (bicyclic) bond motifs is 6. The van der Waals surface area contributed by atoms with Crippen LogP contribution in [0.5, 0.6) is 0 Å². The second-order valence-corrected chi connectivity index (χ2v) is 11.4. The lowest BCUT2D eigenvalue weighted by Gasteiger charge is -2.09. The first kappa shape index (κ1) is 23.3. The largest absolute Gasteiger partial charge is 0.300 e. The molecule has 196 valence electrons. The topological polar surface area (TPSA) is 43.1 Å². The van der Waals surface area contributed by atoms with Crippen molar-refractivity contribution in [3.05, 3.63) is 133 Å². The van der Waals surface area contributed by atoms with E-state index in [1.807, 2.05) is 60.7 Å². The third kappa shape index (κ3) is 3.51. The molecule has 0 amide bonds. The molecule has 4 nitrogen and oxygen atoms in total. The minimum absolute atomic E-state index is 0.661. The minimum Gasteiger partial charge on any atom is -0.300 e. The van der Waals surface area contributed by atoms with Crippen molar-refractivity contribution in [1.29, 1.82) is 0 Å². The Balaban J connectivity index is 1.15. The van der Waals surface area contributed by atoms with Crippen molar-refractivity contribution in [3.8, 4) is 45.3 Å². The van der Waals surface area contributed by atoms with E-state index in [1.54, 1.807) is 11.3 Å². The second kappa shape index (κ2) is 9.06. The van der Waals surface area contributed by atoms with E-state index in [-0.39, 0.29) is 0 Å². The predicted molar refractivity (Wildman–Crippen MR) is 174 cm³/mol. The highest BCUT2D eigenvalue weighted by molar-refractivity contribution is 7.17. The maximum absolute atomic E-state index is 4.88. The van der Waals surface area contributed by atoms with Crippen LogP contribution in [0.2, 0.25) is 0 Å². The van der Waals surface area contributed by atoms with E-state index in [0.29, 0.717) is 17.5 Å². The third-order valence-electron chi connectivity index (χ3n) is 8.10. The molecule has 0 atom stereocenters. The molecule has 4 heterocycles. The number of thiophene rings is 1. The van der Waals surface area contributed by atoms with Crippen LogP contribution in [0.1, 0.15) is 0 Å². The summed E-state index contributed by atoms with van der Waals surface area (Å²) in [6.07, 6.45) is 0. The van der Waals surface area contributed by atoms with E-state index in [0.717, 1.165) is 22.3 Å². The second-order valence-electron chi connectivity index (χ2n) is 10.5. The molecule has 4 aromatic heterocycles. The number of benzene rings is 5. The maximum Gasteiger partial charge on any atom is 0.164 e. The van der Waals surface area contributed by atoms with Crippen LogP contribution in [0.3, 0.4) is 0 Å². The van der Waals surface area contributed by atoms with Crippen LogP contribution in [0.4, 0.5) is 0 Å². The lowest BCUT2D eigenvalue weighted by Crippen LogP contribution is -2.00. The van der Waals surface area contributed by atoms with Crippen molar-refractivity contribution in [2.45, 2.75) is 0 Å². The van der Waals surface area contributed by atoms with Crippen molar-refractivity contribution in [2.75, 3.05) is 0 Å². The van der Waals surface area contributed by atoms with Gasteiger partial charge in [0.2, 0.25) is 0 Å². The van der Waals surface area contributed by atoms with Crippen molar-refractivity contribution in [1.82, 2.24) is 19.4 Å². The Morgan fingerprint density at radius 2 is 0.976 bits per heavy atom. The predicted octanol–water partition coefficient (Wildman–Crippen LogP) is 9.75. The van der Waals surface area contributed by atoms with E-state index >= 15 is 0 Å². The molecule has 0 radical (unpaired) electrons. The maximum atomic E-state index is 4.88. The zero-order valence-corrected chi connectivity index (χ0v) is 23.2. The van der Waals surface area contributed by atoms with Gasteiger partial charge >= 0.3 is 0 Å². The average molecular weight is 555 g/mol. The minimum atomic E-state index is 0.661. The summed E-state index contributed by atoms with van der Waals surface area (Å²) in [7, 11) is 0. The van der Waals surface area contributed by atoms with Gasteiger partial charge in [-0.1, -0.05) is 109 Å². The number of para-hydroxylation sites is 1. The number of aromatic nitrogens is 4. The summed E-state index contributed by atoms with van der Waals surface area (Å²) in [4.78, 5) is 15.9. The zero-order chi connectivity index (χ0) is 27.6. The van der Waals surface area contributed by atoms with Gasteiger partial charge in [0.15, 0.2) is 17.5 Å². The summed E-state index contributed by atoms with van der Waals surface area (Å²) in [5, 5.41) is 7.44. The summed E-state index contributed by atoms with van der Waals surface area (Å²) in [5.41, 5.74) is 7.81. The first-order valence-electron chi connectivity index (χ1n) is 13.9. The van der Waals surface area contributed by atoms with Crippen molar-refractivity contribution in [2.24, 2.45) is 0 Å². The smallest absolute Gasteiger partial charge is 0.164 e. The Morgan fingerprint density at radius 3 is 1.62 bits per heavy atom. The normalized spacial score (nSPS) is 11.8. The van der Waals surface area contributed by atoms with E-state index in [4.69, 9.17) is 15.0 Å². The van der Waals surface area contributed by atoms with Gasteiger partial charge in [0.25, 0.3) is 0 Å². The molecule has 9 rings (SSSR count). The summed E-state index contributed by atoms with van der Waals surface area (Å²) in [6, 6.07) is 44.4. The van der Waals surface area contributed by atoms with Crippen molar-refractivity contribution >= 4 is 48.7 Å². The average Bonchev–Trinajstić information content (AvgIpc) is 3.76. The number of nitrogens with zero attached hydrogens (tertiary/aromatic N) is 4. The van der Waals surface area contributed by atoms with Gasteiger partial charge < -0.3 is 0 Å². The number of hydrogen-bond acceptors (Lipinski definition) is 4. The van der Waals surface area contributed by atoms with Gasteiger partial charge in [0.05, 0.1) is 11.0 Å². The van der Waals surface area contributed by atoms with Crippen molar-refractivity contribution < 1.29 is 0 Å². The van der Waals surface area contributed by atoms with Crippen LogP contribution < -0.4 is 0 Å². The highest BCUT2D eigenvalue weighted by atomic mass is 32.1. The fourth-order valence-corrected chi connectivity index (χ4v) is 7.04. The van der Waals surface area contributed by atoms with Crippen LogP contribution >= 0.6 is 11.3 Å². The molecule has 5 aromatic carbocycles. The Labute approximate surface area is 245 Å². The van der Waals surface area contributed by atoms with Gasteiger partial charge in [-0.25, -0.2) is 15.0 Å². The van der Waals surface area contributed by atoms with Crippen LogP contribution in [0, 0.1) is 0 Å². The van der Waals surface area contributed by atoms with Crippen LogP contribution in [0.15, 0.2) is 133 Å². The zero-order valence-electron chi connectivity index (χ0n) is 22.4. The van der Waals surface area contributed by atoms with Gasteiger partial charge in [-0.05, 0) is 34.7 Å². The van der Waals surface area contributed by atoms with Crippen LogP contribution in [-0.2, 0) is 0 Å². The Kier molecular flexibility index (Phi) is 5.03. The molecule has 5 heteroatoms. The molecule has 0 spiro atoms. The summed E-state index contributed by atoms with van der Waals surface area (Å²) >= 11 is 1.81. The lowest BCUT2D eigenvalue weighted by molar-refractivity contribution is 1.07. The quantitative estimate of drug-likeness (QED) is 0.217. The van der Waals surface area contributed by atoms with E-state index in [2.05, 4.69) is 76.5 Å². The molecular weight excluding hydrogens is 533 g/mol. The van der Waals surface area contributed by atoms with Gasteiger partial charge in [-0.15, -0.1) is 11.3 Å². The summed E-state index contributed by atoms with van der Waals surface area (Å²) in [6.45, 7) is 0. The molecule has 0 N–H and O–H groups in total. The highest BCUT2D eigenvalue weighted by Crippen LogP contribution is 2.41. The molecule has 0 aliphatic carbocycles. The molecule has 0 saturated heterocycles. The molecule has 0 unspecified atom stereocenters. The third-order valence-corrected chi connectivity index (χ3v) is 9.00. The molecule has 0 aliphatic rings. The van der Waals surface area contributed by atoms with Gasteiger partial charge in [-0.2, -0.15) is 0 Å². The first-order chi connectivity index (χ1) is 20.8. The molecule has 0 fully saturated rings. The Morgan fingerprint density at radius 1 is 0.429 bits per heavy atom. The molecule has 0 bridgehead atoms. The van der Waals surface area contributed by atoms with Gasteiger partial charge in [0.1, 0.15) is 4.83 Å². The molecule has 9 aromatic rings.